The Morgan fingerprint density at radius 2 is 1.26 bits per heavy atom. The third kappa shape index (κ3) is 3.90. The SMILES string of the molecule is N=C(SC(=N)c1ccc(-c2cccc3c2Oc2ccccc2C32c3ccccc3C3C=CC=CC32)cc1)c1ccccc1. The van der Waals surface area contributed by atoms with Crippen LogP contribution in [0.5, 0.6) is 11.5 Å². The largest absolute Gasteiger partial charge is 0.456 e. The fourth-order valence-electron chi connectivity index (χ4n) is 7.23. The zero-order valence-electron chi connectivity index (χ0n) is 23.3. The Balaban J connectivity index is 1.23. The second kappa shape index (κ2) is 10.1. The van der Waals surface area contributed by atoms with Crippen LogP contribution in [0.3, 0.4) is 0 Å². The third-order valence-corrected chi connectivity index (χ3v) is 9.92. The minimum Gasteiger partial charge on any atom is -0.456 e. The number of thioether (sulfide) groups is 1. The molecule has 3 aliphatic rings. The van der Waals surface area contributed by atoms with Crippen molar-refractivity contribution in [3.05, 3.63) is 179 Å². The Morgan fingerprint density at radius 3 is 2.07 bits per heavy atom. The van der Waals surface area contributed by atoms with E-state index in [1.807, 2.05) is 42.5 Å². The molecule has 1 heterocycles. The lowest BCUT2D eigenvalue weighted by Crippen LogP contribution is -2.37. The molecule has 2 N–H and O–H groups in total. The first-order chi connectivity index (χ1) is 21.2. The summed E-state index contributed by atoms with van der Waals surface area (Å²) in [6.45, 7) is 0. The van der Waals surface area contributed by atoms with Crippen LogP contribution in [0.4, 0.5) is 0 Å². The lowest BCUT2D eigenvalue weighted by molar-refractivity contribution is 0.375. The highest BCUT2D eigenvalue weighted by atomic mass is 32.2. The van der Waals surface area contributed by atoms with Crippen LogP contribution in [0.2, 0.25) is 0 Å². The monoisotopic (exact) mass is 572 g/mol. The molecule has 0 radical (unpaired) electrons. The Hall–Kier alpha value is -4.93. The summed E-state index contributed by atoms with van der Waals surface area (Å²) < 4.78 is 6.81. The highest BCUT2D eigenvalue weighted by Crippen LogP contribution is 2.65. The van der Waals surface area contributed by atoms with Crippen LogP contribution in [0.15, 0.2) is 146 Å². The Morgan fingerprint density at radius 1 is 0.605 bits per heavy atom. The predicted octanol–water partition coefficient (Wildman–Crippen LogP) is 9.72. The topological polar surface area (TPSA) is 56.9 Å². The molecule has 3 atom stereocenters. The minimum atomic E-state index is -0.376. The zero-order valence-corrected chi connectivity index (χ0v) is 24.1. The van der Waals surface area contributed by atoms with Gasteiger partial charge in [-0.25, -0.2) is 0 Å². The molecule has 1 spiro atoms. The highest BCUT2D eigenvalue weighted by Gasteiger charge is 2.56. The van der Waals surface area contributed by atoms with Gasteiger partial charge in [0.25, 0.3) is 0 Å². The first kappa shape index (κ1) is 25.8. The summed E-state index contributed by atoms with van der Waals surface area (Å²) in [5.41, 5.74) is 8.41. The van der Waals surface area contributed by atoms with E-state index in [-0.39, 0.29) is 11.3 Å². The number of allylic oxidation sites excluding steroid dienone is 4. The molecule has 0 saturated carbocycles. The van der Waals surface area contributed by atoms with E-state index in [9.17, 15) is 0 Å². The molecule has 8 rings (SSSR count). The van der Waals surface area contributed by atoms with E-state index in [4.69, 9.17) is 15.6 Å². The van der Waals surface area contributed by atoms with E-state index in [1.54, 1.807) is 0 Å². The summed E-state index contributed by atoms with van der Waals surface area (Å²) >= 11 is 1.17. The van der Waals surface area contributed by atoms with Gasteiger partial charge in [-0.15, -0.1) is 0 Å². The number of hydrogen-bond donors (Lipinski definition) is 2. The molecule has 2 aliphatic carbocycles. The van der Waals surface area contributed by atoms with Crippen molar-refractivity contribution in [1.82, 2.24) is 0 Å². The normalized spacial score (nSPS) is 20.5. The van der Waals surface area contributed by atoms with Gasteiger partial charge in [0.2, 0.25) is 0 Å². The summed E-state index contributed by atoms with van der Waals surface area (Å²) in [6, 6.07) is 41.6. The maximum Gasteiger partial charge on any atom is 0.139 e. The molecule has 0 aromatic heterocycles. The summed E-state index contributed by atoms with van der Waals surface area (Å²) in [7, 11) is 0. The van der Waals surface area contributed by atoms with Gasteiger partial charge in [0, 0.05) is 39.7 Å². The number of benzene rings is 5. The van der Waals surface area contributed by atoms with Crippen molar-refractivity contribution < 1.29 is 4.74 Å². The molecule has 3 unspecified atom stereocenters. The summed E-state index contributed by atoms with van der Waals surface area (Å²) in [6.07, 6.45) is 9.11. The molecule has 0 fully saturated rings. The highest BCUT2D eigenvalue weighted by molar-refractivity contribution is 8.27. The first-order valence-electron chi connectivity index (χ1n) is 14.5. The number of nitrogens with one attached hydrogen (secondary N) is 2. The molecule has 3 nitrogen and oxygen atoms in total. The lowest BCUT2D eigenvalue weighted by atomic mass is 9.61. The van der Waals surface area contributed by atoms with Gasteiger partial charge in [0.15, 0.2) is 0 Å². The van der Waals surface area contributed by atoms with Gasteiger partial charge < -0.3 is 4.74 Å². The molecule has 0 saturated heterocycles. The zero-order chi connectivity index (χ0) is 29.0. The molecule has 206 valence electrons. The quantitative estimate of drug-likeness (QED) is 0.167. The molecule has 0 bridgehead atoms. The van der Waals surface area contributed by atoms with Crippen LogP contribution in [-0.2, 0) is 5.41 Å². The lowest BCUT2D eigenvalue weighted by Gasteiger charge is -2.43. The average molecular weight is 573 g/mol. The van der Waals surface area contributed by atoms with E-state index in [0.29, 0.717) is 16.0 Å². The van der Waals surface area contributed by atoms with Crippen LogP contribution >= 0.6 is 11.8 Å². The van der Waals surface area contributed by atoms with E-state index < -0.39 is 0 Å². The summed E-state index contributed by atoms with van der Waals surface area (Å²) in [5.74, 6) is 2.31. The fourth-order valence-corrected chi connectivity index (χ4v) is 7.94. The van der Waals surface area contributed by atoms with Crippen molar-refractivity contribution in [2.75, 3.05) is 0 Å². The molecule has 43 heavy (non-hydrogen) atoms. The Bertz CT molecular complexity index is 1970. The maximum absolute atomic E-state index is 8.67. The minimum absolute atomic E-state index is 0.230. The van der Waals surface area contributed by atoms with Crippen LogP contribution in [0.1, 0.15) is 39.3 Å². The Labute approximate surface area is 255 Å². The molecule has 1 aliphatic heterocycles. The van der Waals surface area contributed by atoms with Crippen molar-refractivity contribution in [3.8, 4) is 22.6 Å². The number of para-hydroxylation sites is 2. The van der Waals surface area contributed by atoms with Crippen molar-refractivity contribution in [3.63, 3.8) is 0 Å². The molecule has 0 amide bonds. The predicted molar refractivity (Wildman–Crippen MR) is 177 cm³/mol. The molecule has 5 aromatic carbocycles. The third-order valence-electron chi connectivity index (χ3n) is 9.04. The van der Waals surface area contributed by atoms with Gasteiger partial charge >= 0.3 is 0 Å². The fraction of sp³-hybridized carbons (Fsp3) is 0.0769. The number of ether oxygens (including phenoxy) is 1. The Kier molecular flexibility index (Phi) is 6.06. The first-order valence-corrected chi connectivity index (χ1v) is 15.3. The van der Waals surface area contributed by atoms with Gasteiger partial charge in [-0.1, -0.05) is 151 Å². The van der Waals surface area contributed by atoms with Gasteiger partial charge in [0.05, 0.1) is 5.41 Å². The molecule has 5 aromatic rings. The van der Waals surface area contributed by atoms with Crippen LogP contribution in [0, 0.1) is 16.7 Å². The van der Waals surface area contributed by atoms with Crippen molar-refractivity contribution in [2.24, 2.45) is 5.92 Å². The standard InChI is InChI=1S/C39H28N2OS/c40-37(26-11-2-1-3-12-26)43-38(41)27-23-21-25(22-24-27)28-15-10-19-34-36(28)42-35-20-9-8-18-33(35)39(34)31-16-6-4-13-29(31)30-14-5-7-17-32(30)39/h1-24,29,31,40-41H. The van der Waals surface area contributed by atoms with Crippen molar-refractivity contribution in [1.29, 1.82) is 10.8 Å². The van der Waals surface area contributed by atoms with E-state index in [2.05, 4.69) is 103 Å². The smallest absolute Gasteiger partial charge is 0.139 e. The number of rotatable bonds is 3. The van der Waals surface area contributed by atoms with E-state index in [1.165, 1.54) is 34.0 Å². The van der Waals surface area contributed by atoms with Crippen molar-refractivity contribution >= 4 is 21.8 Å². The average Bonchev–Trinajstić information content (AvgIpc) is 3.36. The van der Waals surface area contributed by atoms with Gasteiger partial charge in [-0.2, -0.15) is 0 Å². The second-order valence-electron chi connectivity index (χ2n) is 11.2. The van der Waals surface area contributed by atoms with Crippen molar-refractivity contribution in [2.45, 2.75) is 11.3 Å². The summed E-state index contributed by atoms with van der Waals surface area (Å²) in [4.78, 5) is 0. The van der Waals surface area contributed by atoms with E-state index in [0.717, 1.165) is 33.8 Å². The second-order valence-corrected chi connectivity index (χ2v) is 12.2. The van der Waals surface area contributed by atoms with Crippen LogP contribution < -0.4 is 4.74 Å². The molecule has 4 heteroatoms. The number of fused-ring (bicyclic) bond motifs is 9. The molecular weight excluding hydrogens is 545 g/mol. The number of hydrogen-bond acceptors (Lipinski definition) is 4. The van der Waals surface area contributed by atoms with Gasteiger partial charge in [-0.3, -0.25) is 10.8 Å². The van der Waals surface area contributed by atoms with Gasteiger partial charge in [0.1, 0.15) is 21.6 Å². The van der Waals surface area contributed by atoms with Crippen LogP contribution in [-0.4, -0.2) is 10.1 Å². The maximum atomic E-state index is 8.67. The summed E-state index contributed by atoms with van der Waals surface area (Å²) in [5, 5.41) is 17.8. The molecular formula is C39H28N2OS. The van der Waals surface area contributed by atoms with Gasteiger partial charge in [-0.05, 0) is 22.8 Å². The van der Waals surface area contributed by atoms with Crippen LogP contribution in [0.25, 0.3) is 11.1 Å². The van der Waals surface area contributed by atoms with E-state index >= 15 is 0 Å².